The first-order valence-corrected chi connectivity index (χ1v) is 10.4. The molecule has 3 aromatic rings. The van der Waals surface area contributed by atoms with Crippen LogP contribution in [0.25, 0.3) is 11.3 Å². The molecule has 0 saturated carbocycles. The number of fused-ring (bicyclic) bond motifs is 1. The monoisotopic (exact) mass is 412 g/mol. The summed E-state index contributed by atoms with van der Waals surface area (Å²) >= 11 is 0. The minimum Gasteiger partial charge on any atom is -0.365 e. The van der Waals surface area contributed by atoms with Crippen LogP contribution in [0.4, 0.5) is 5.69 Å². The van der Waals surface area contributed by atoms with Crippen LogP contribution in [0.1, 0.15) is 47.8 Å². The number of hydrogen-bond acceptors (Lipinski definition) is 3. The Bertz CT molecular complexity index is 1170. The van der Waals surface area contributed by atoms with E-state index in [1.165, 1.54) is 16.8 Å². The second kappa shape index (κ2) is 7.91. The number of likely N-dealkylation sites (N-methyl/N-ethyl adjacent to an activating group) is 1. The van der Waals surface area contributed by atoms with Crippen LogP contribution in [0, 0.1) is 6.92 Å². The lowest BCUT2D eigenvalue weighted by Gasteiger charge is -2.41. The Balaban J connectivity index is 1.49. The van der Waals surface area contributed by atoms with E-state index in [2.05, 4.69) is 68.4 Å². The predicted molar refractivity (Wildman–Crippen MR) is 128 cm³/mol. The molecule has 0 saturated heterocycles. The van der Waals surface area contributed by atoms with Crippen molar-refractivity contribution in [1.29, 1.82) is 0 Å². The van der Waals surface area contributed by atoms with Gasteiger partial charge in [-0.05, 0) is 92.9 Å². The van der Waals surface area contributed by atoms with E-state index in [9.17, 15) is 4.79 Å². The molecule has 1 aromatic heterocycles. The number of aromatic nitrogens is 1. The van der Waals surface area contributed by atoms with Crippen molar-refractivity contribution in [2.24, 2.45) is 5.10 Å². The number of nitrogens with zero attached hydrogens (tertiary/aromatic N) is 3. The summed E-state index contributed by atoms with van der Waals surface area (Å²) in [5, 5.41) is 4.21. The molecule has 4 rings (SSSR count). The molecule has 1 aliphatic heterocycles. The molecule has 0 radical (unpaired) electrons. The van der Waals surface area contributed by atoms with Crippen molar-refractivity contribution in [3.05, 3.63) is 89.3 Å². The number of aryl methyl sites for hydroxylation is 1. The molecule has 5 heteroatoms. The first kappa shape index (κ1) is 20.7. The highest BCUT2D eigenvalue weighted by Gasteiger charge is 2.28. The van der Waals surface area contributed by atoms with E-state index in [1.54, 1.807) is 18.3 Å². The molecule has 1 aliphatic rings. The Kier molecular flexibility index (Phi) is 5.27. The minimum atomic E-state index is -0.233. The Morgan fingerprint density at radius 3 is 2.42 bits per heavy atom. The lowest BCUT2D eigenvalue weighted by atomic mass is 9.87. The third-order valence-corrected chi connectivity index (χ3v) is 6.01. The predicted octanol–water partition coefficient (Wildman–Crippen LogP) is 5.18. The molecule has 1 amide bonds. The highest BCUT2D eigenvalue weighted by atomic mass is 16.2. The average molecular weight is 413 g/mol. The van der Waals surface area contributed by atoms with E-state index in [0.29, 0.717) is 5.56 Å². The number of hydrazone groups is 1. The van der Waals surface area contributed by atoms with Crippen LogP contribution in [0.2, 0.25) is 0 Å². The summed E-state index contributed by atoms with van der Waals surface area (Å²) < 4.78 is 1.99. The van der Waals surface area contributed by atoms with Crippen molar-refractivity contribution in [3.63, 3.8) is 0 Å². The van der Waals surface area contributed by atoms with Gasteiger partial charge in [0.05, 0.1) is 11.8 Å². The minimum absolute atomic E-state index is 0.0238. The molecule has 1 N–H and O–H groups in total. The molecular weight excluding hydrogens is 384 g/mol. The van der Waals surface area contributed by atoms with Gasteiger partial charge >= 0.3 is 0 Å². The number of hydrogen-bond donors (Lipinski definition) is 1. The molecule has 2 aromatic carbocycles. The number of carbonyl (C=O) groups excluding carboxylic acids is 1. The van der Waals surface area contributed by atoms with Gasteiger partial charge in [0.15, 0.2) is 0 Å². The van der Waals surface area contributed by atoms with Gasteiger partial charge in [-0.3, -0.25) is 4.79 Å². The molecule has 2 heterocycles. The second-order valence-electron chi connectivity index (χ2n) is 8.60. The van der Waals surface area contributed by atoms with Gasteiger partial charge in [0.1, 0.15) is 0 Å². The zero-order valence-corrected chi connectivity index (χ0v) is 18.7. The molecule has 0 bridgehead atoms. The zero-order valence-electron chi connectivity index (χ0n) is 18.7. The van der Waals surface area contributed by atoms with Gasteiger partial charge in [0.25, 0.3) is 5.91 Å². The van der Waals surface area contributed by atoms with Crippen LogP contribution in [0.3, 0.4) is 0 Å². The quantitative estimate of drug-likeness (QED) is 0.474. The van der Waals surface area contributed by atoms with Gasteiger partial charge in [-0.15, -0.1) is 0 Å². The van der Waals surface area contributed by atoms with E-state index < -0.39 is 0 Å². The van der Waals surface area contributed by atoms with Crippen molar-refractivity contribution in [2.45, 2.75) is 33.2 Å². The summed E-state index contributed by atoms with van der Waals surface area (Å²) in [6.45, 7) is 8.64. The lowest BCUT2D eigenvalue weighted by Crippen LogP contribution is -2.42. The molecule has 0 aliphatic carbocycles. The SMILES string of the molecule is CC1=CC(C)(C)N(C)c2cc(C)c(/C=N/NC(=O)c3ccc(-n4cccc4)cc3)cc21. The van der Waals surface area contributed by atoms with Crippen LogP contribution in [-0.2, 0) is 0 Å². The topological polar surface area (TPSA) is 49.6 Å². The van der Waals surface area contributed by atoms with Crippen LogP contribution >= 0.6 is 0 Å². The molecule has 0 spiro atoms. The molecule has 0 fully saturated rings. The van der Waals surface area contributed by atoms with E-state index in [-0.39, 0.29) is 11.4 Å². The van der Waals surface area contributed by atoms with Gasteiger partial charge in [-0.1, -0.05) is 6.08 Å². The largest absolute Gasteiger partial charge is 0.365 e. The number of benzene rings is 2. The number of rotatable bonds is 4. The van der Waals surface area contributed by atoms with Gasteiger partial charge in [0, 0.05) is 41.9 Å². The van der Waals surface area contributed by atoms with Gasteiger partial charge in [-0.2, -0.15) is 5.10 Å². The smallest absolute Gasteiger partial charge is 0.271 e. The summed E-state index contributed by atoms with van der Waals surface area (Å²) in [6, 6.07) is 15.7. The van der Waals surface area contributed by atoms with Gasteiger partial charge < -0.3 is 9.47 Å². The molecule has 31 heavy (non-hydrogen) atoms. The van der Waals surface area contributed by atoms with Crippen molar-refractivity contribution in [2.75, 3.05) is 11.9 Å². The summed E-state index contributed by atoms with van der Waals surface area (Å²) in [7, 11) is 2.12. The van der Waals surface area contributed by atoms with Gasteiger partial charge in [-0.25, -0.2) is 5.43 Å². The first-order valence-electron chi connectivity index (χ1n) is 10.4. The normalized spacial score (nSPS) is 15.0. The summed E-state index contributed by atoms with van der Waals surface area (Å²) in [4.78, 5) is 14.8. The molecule has 0 atom stereocenters. The number of anilines is 1. The zero-order chi connectivity index (χ0) is 22.2. The maximum Gasteiger partial charge on any atom is 0.271 e. The molecule has 158 valence electrons. The number of nitrogens with one attached hydrogen (secondary N) is 1. The molecular formula is C26H28N4O. The Labute approximate surface area is 183 Å². The number of amides is 1. The van der Waals surface area contributed by atoms with Gasteiger partial charge in [0.2, 0.25) is 0 Å². The van der Waals surface area contributed by atoms with Crippen LogP contribution < -0.4 is 10.3 Å². The highest BCUT2D eigenvalue weighted by molar-refractivity contribution is 5.95. The van der Waals surface area contributed by atoms with Crippen molar-refractivity contribution in [3.8, 4) is 5.69 Å². The maximum atomic E-state index is 12.5. The second-order valence-corrected chi connectivity index (χ2v) is 8.60. The highest BCUT2D eigenvalue weighted by Crippen LogP contribution is 2.38. The Morgan fingerprint density at radius 1 is 1.06 bits per heavy atom. The lowest BCUT2D eigenvalue weighted by molar-refractivity contribution is 0.0955. The number of allylic oxidation sites excluding steroid dienone is 1. The first-order chi connectivity index (χ1) is 14.8. The maximum absolute atomic E-state index is 12.5. The van der Waals surface area contributed by atoms with E-state index in [4.69, 9.17) is 0 Å². The molecule has 5 nitrogen and oxygen atoms in total. The Hall–Kier alpha value is -3.60. The van der Waals surface area contributed by atoms with Crippen LogP contribution in [-0.4, -0.2) is 29.3 Å². The third-order valence-electron chi connectivity index (χ3n) is 6.01. The standard InChI is InChI=1S/C26H28N4O/c1-18-14-24-23(19(2)16-26(3,4)29(24)5)15-21(18)17-27-28-25(31)20-8-10-22(11-9-20)30-12-6-7-13-30/h6-17H,1-5H3,(H,28,31)/b27-17+. The number of carbonyl (C=O) groups is 1. The fraction of sp³-hybridized carbons (Fsp3) is 0.231. The summed E-state index contributed by atoms with van der Waals surface area (Å²) in [5.41, 5.74) is 9.95. The van der Waals surface area contributed by atoms with Crippen LogP contribution in [0.5, 0.6) is 0 Å². The molecule has 0 unspecified atom stereocenters. The van der Waals surface area contributed by atoms with Crippen LogP contribution in [0.15, 0.2) is 72.1 Å². The third kappa shape index (κ3) is 4.04. The summed E-state index contributed by atoms with van der Waals surface area (Å²) in [5.74, 6) is -0.233. The van der Waals surface area contributed by atoms with E-state index in [1.807, 2.05) is 41.2 Å². The van der Waals surface area contributed by atoms with Crippen molar-refractivity contribution >= 4 is 23.4 Å². The Morgan fingerprint density at radius 2 is 1.74 bits per heavy atom. The van der Waals surface area contributed by atoms with E-state index in [0.717, 1.165) is 16.8 Å². The van der Waals surface area contributed by atoms with Crippen molar-refractivity contribution < 1.29 is 4.79 Å². The average Bonchev–Trinajstić information content (AvgIpc) is 3.27. The van der Waals surface area contributed by atoms with Crippen molar-refractivity contribution in [1.82, 2.24) is 9.99 Å². The fourth-order valence-corrected chi connectivity index (χ4v) is 3.97. The van der Waals surface area contributed by atoms with E-state index >= 15 is 0 Å². The fourth-order valence-electron chi connectivity index (χ4n) is 3.97. The summed E-state index contributed by atoms with van der Waals surface area (Å²) in [6.07, 6.45) is 7.94.